The molecule has 0 saturated heterocycles. The van der Waals surface area contributed by atoms with Crippen LogP contribution in [0.1, 0.15) is 5.56 Å². The first-order valence-electron chi connectivity index (χ1n) is 7.67. The molecular formula is C16H9Cl2F3N6O2. The lowest BCUT2D eigenvalue weighted by atomic mass is 10.2. The quantitative estimate of drug-likeness (QED) is 0.389. The molecule has 0 fully saturated rings. The predicted octanol–water partition coefficient (Wildman–Crippen LogP) is 5.59. The second kappa shape index (κ2) is 8.05. The highest BCUT2D eigenvalue weighted by atomic mass is 35.5. The molecule has 150 valence electrons. The van der Waals surface area contributed by atoms with E-state index >= 15 is 0 Å². The Balaban J connectivity index is 1.96. The van der Waals surface area contributed by atoms with Gasteiger partial charge in [0.05, 0.1) is 15.5 Å². The highest BCUT2D eigenvalue weighted by Gasteiger charge is 2.32. The van der Waals surface area contributed by atoms with Crippen molar-refractivity contribution >= 4 is 52.0 Å². The van der Waals surface area contributed by atoms with Crippen LogP contribution in [0.25, 0.3) is 0 Å². The fraction of sp³-hybridized carbons (Fsp3) is 0.0625. The number of nitrogens with one attached hydrogen (secondary N) is 2. The molecule has 0 aliphatic rings. The van der Waals surface area contributed by atoms with Gasteiger partial charge in [-0.2, -0.15) is 13.2 Å². The van der Waals surface area contributed by atoms with Crippen LogP contribution in [-0.4, -0.2) is 19.9 Å². The first kappa shape index (κ1) is 20.6. The van der Waals surface area contributed by atoms with Crippen LogP contribution in [0.15, 0.2) is 42.9 Å². The molecule has 8 nitrogen and oxygen atoms in total. The maximum absolute atomic E-state index is 12.7. The number of nitrogens with zero attached hydrogens (tertiary/aromatic N) is 4. The van der Waals surface area contributed by atoms with E-state index in [-0.39, 0.29) is 22.5 Å². The number of rotatable bonds is 5. The maximum Gasteiger partial charge on any atom is 0.417 e. The Hall–Kier alpha value is -3.18. The molecule has 3 rings (SSSR count). The molecular weight excluding hydrogens is 436 g/mol. The summed E-state index contributed by atoms with van der Waals surface area (Å²) in [7, 11) is 0. The second-order valence-corrected chi connectivity index (χ2v) is 6.33. The van der Waals surface area contributed by atoms with E-state index in [9.17, 15) is 23.3 Å². The number of hydrogen-bond donors (Lipinski definition) is 2. The summed E-state index contributed by atoms with van der Waals surface area (Å²) in [6.45, 7) is 0. The standard InChI is InChI=1S/C16H9Cl2F3N6O2/c17-9-1-3-10(4-2-9)25-14-12(27(28)29)15(24-7-23-14)26-13-11(18)5-8(6-22-13)16(19,20)21/h1-7H,(H2,22,23,24,25,26). The number of halogens is 5. The molecule has 0 radical (unpaired) electrons. The van der Waals surface area contributed by atoms with Crippen LogP contribution in [-0.2, 0) is 6.18 Å². The van der Waals surface area contributed by atoms with Gasteiger partial charge in [-0.1, -0.05) is 23.2 Å². The number of anilines is 4. The highest BCUT2D eigenvalue weighted by Crippen LogP contribution is 2.36. The molecule has 0 bridgehead atoms. The molecule has 0 amide bonds. The molecule has 1 aromatic carbocycles. The van der Waals surface area contributed by atoms with Gasteiger partial charge in [-0.15, -0.1) is 0 Å². The smallest absolute Gasteiger partial charge is 0.334 e. The molecule has 0 unspecified atom stereocenters. The van der Waals surface area contributed by atoms with Gasteiger partial charge in [-0.25, -0.2) is 15.0 Å². The van der Waals surface area contributed by atoms with Crippen LogP contribution in [0.5, 0.6) is 0 Å². The summed E-state index contributed by atoms with van der Waals surface area (Å²) in [6, 6.07) is 6.95. The minimum Gasteiger partial charge on any atom is -0.334 e. The predicted molar refractivity (Wildman–Crippen MR) is 101 cm³/mol. The van der Waals surface area contributed by atoms with Gasteiger partial charge in [0.25, 0.3) is 0 Å². The average Bonchev–Trinajstić information content (AvgIpc) is 2.64. The van der Waals surface area contributed by atoms with E-state index in [1.54, 1.807) is 24.3 Å². The lowest BCUT2D eigenvalue weighted by molar-refractivity contribution is -0.383. The monoisotopic (exact) mass is 444 g/mol. The summed E-state index contributed by atoms with van der Waals surface area (Å²) < 4.78 is 38.2. The van der Waals surface area contributed by atoms with E-state index in [1.165, 1.54) is 0 Å². The summed E-state index contributed by atoms with van der Waals surface area (Å²) in [5.74, 6) is -0.701. The molecule has 29 heavy (non-hydrogen) atoms. The van der Waals surface area contributed by atoms with Gasteiger partial charge in [0.15, 0.2) is 5.82 Å². The molecule has 13 heteroatoms. The summed E-state index contributed by atoms with van der Waals surface area (Å²) >= 11 is 11.6. The van der Waals surface area contributed by atoms with Gasteiger partial charge in [0.1, 0.15) is 6.33 Å². The van der Waals surface area contributed by atoms with E-state index in [0.29, 0.717) is 23.0 Å². The van der Waals surface area contributed by atoms with Crippen LogP contribution in [0.3, 0.4) is 0 Å². The summed E-state index contributed by atoms with van der Waals surface area (Å²) in [6.07, 6.45) is -3.05. The van der Waals surface area contributed by atoms with Crippen molar-refractivity contribution in [3.63, 3.8) is 0 Å². The van der Waals surface area contributed by atoms with Crippen LogP contribution in [0.2, 0.25) is 10.0 Å². The Kier molecular flexibility index (Phi) is 5.71. The van der Waals surface area contributed by atoms with Gasteiger partial charge < -0.3 is 10.6 Å². The molecule has 2 heterocycles. The number of aromatic nitrogens is 3. The van der Waals surface area contributed by atoms with E-state index in [0.717, 1.165) is 6.33 Å². The maximum atomic E-state index is 12.7. The second-order valence-electron chi connectivity index (χ2n) is 5.49. The van der Waals surface area contributed by atoms with Crippen molar-refractivity contribution in [3.05, 3.63) is 68.6 Å². The third kappa shape index (κ3) is 4.81. The van der Waals surface area contributed by atoms with E-state index in [2.05, 4.69) is 25.6 Å². The minimum atomic E-state index is -4.63. The van der Waals surface area contributed by atoms with E-state index < -0.39 is 22.4 Å². The number of benzene rings is 1. The summed E-state index contributed by atoms with van der Waals surface area (Å²) in [4.78, 5) is 22.0. The van der Waals surface area contributed by atoms with Crippen LogP contribution < -0.4 is 10.6 Å². The Morgan fingerprint density at radius 2 is 1.59 bits per heavy atom. The molecule has 2 aromatic heterocycles. The zero-order valence-corrected chi connectivity index (χ0v) is 15.5. The number of pyridine rings is 1. The van der Waals surface area contributed by atoms with Crippen molar-refractivity contribution in [2.24, 2.45) is 0 Å². The topological polar surface area (TPSA) is 106 Å². The van der Waals surface area contributed by atoms with E-state index in [1.807, 2.05) is 0 Å². The third-order valence-electron chi connectivity index (χ3n) is 3.52. The number of alkyl halides is 3. The van der Waals surface area contributed by atoms with E-state index in [4.69, 9.17) is 23.2 Å². The molecule has 0 spiro atoms. The minimum absolute atomic E-state index is 0.155. The van der Waals surface area contributed by atoms with Gasteiger partial charge in [0, 0.05) is 16.9 Å². The Morgan fingerprint density at radius 3 is 2.14 bits per heavy atom. The van der Waals surface area contributed by atoms with Crippen LogP contribution >= 0.6 is 23.2 Å². The third-order valence-corrected chi connectivity index (χ3v) is 4.06. The van der Waals surface area contributed by atoms with Crippen LogP contribution in [0.4, 0.5) is 42.0 Å². The molecule has 0 aliphatic carbocycles. The van der Waals surface area contributed by atoms with Crippen molar-refractivity contribution in [1.29, 1.82) is 0 Å². The molecule has 0 saturated carbocycles. The first-order chi connectivity index (χ1) is 13.6. The molecule has 0 aliphatic heterocycles. The van der Waals surface area contributed by atoms with Crippen molar-refractivity contribution in [3.8, 4) is 0 Å². The largest absolute Gasteiger partial charge is 0.417 e. The van der Waals surface area contributed by atoms with Gasteiger partial charge in [-0.05, 0) is 30.3 Å². The molecule has 2 N–H and O–H groups in total. The van der Waals surface area contributed by atoms with Crippen molar-refractivity contribution < 1.29 is 18.1 Å². The number of hydrogen-bond acceptors (Lipinski definition) is 7. The SMILES string of the molecule is O=[N+]([O-])c1c(Nc2ccc(Cl)cc2)ncnc1Nc1ncc(C(F)(F)F)cc1Cl. The average molecular weight is 445 g/mol. The van der Waals surface area contributed by atoms with Crippen molar-refractivity contribution in [2.75, 3.05) is 10.6 Å². The lowest BCUT2D eigenvalue weighted by Gasteiger charge is -2.12. The summed E-state index contributed by atoms with van der Waals surface area (Å²) in [5, 5.41) is 16.9. The zero-order chi connectivity index (χ0) is 21.2. The Morgan fingerprint density at radius 1 is 0.966 bits per heavy atom. The van der Waals surface area contributed by atoms with Gasteiger partial charge in [-0.3, -0.25) is 10.1 Å². The van der Waals surface area contributed by atoms with Crippen molar-refractivity contribution in [2.45, 2.75) is 6.18 Å². The van der Waals surface area contributed by atoms with Crippen LogP contribution in [0, 0.1) is 10.1 Å². The fourth-order valence-corrected chi connectivity index (χ4v) is 2.54. The summed E-state index contributed by atoms with van der Waals surface area (Å²) in [5.41, 5.74) is -1.15. The zero-order valence-electron chi connectivity index (χ0n) is 14.0. The number of nitro groups is 1. The van der Waals surface area contributed by atoms with Crippen molar-refractivity contribution in [1.82, 2.24) is 15.0 Å². The first-order valence-corrected chi connectivity index (χ1v) is 8.42. The van der Waals surface area contributed by atoms with Gasteiger partial charge in [0.2, 0.25) is 11.6 Å². The lowest BCUT2D eigenvalue weighted by Crippen LogP contribution is -2.08. The fourth-order valence-electron chi connectivity index (χ4n) is 2.20. The Bertz CT molecular complexity index is 1060. The Labute approximate surface area is 170 Å². The van der Waals surface area contributed by atoms with Gasteiger partial charge >= 0.3 is 11.9 Å². The molecule has 3 aromatic rings. The molecule has 0 atom stereocenters. The highest BCUT2D eigenvalue weighted by molar-refractivity contribution is 6.33. The normalized spacial score (nSPS) is 11.2.